The largest absolute Gasteiger partial charge is 0.444 e. The van der Waals surface area contributed by atoms with E-state index in [1.165, 1.54) is 5.69 Å². The molecule has 2 rings (SSSR count). The summed E-state index contributed by atoms with van der Waals surface area (Å²) in [7, 11) is 0. The van der Waals surface area contributed by atoms with E-state index in [1.54, 1.807) is 0 Å². The van der Waals surface area contributed by atoms with Crippen molar-refractivity contribution in [1.82, 2.24) is 4.90 Å². The fourth-order valence-corrected chi connectivity index (χ4v) is 2.70. The van der Waals surface area contributed by atoms with E-state index in [2.05, 4.69) is 39.9 Å². The number of anilines is 1. The van der Waals surface area contributed by atoms with Crippen LogP contribution in [-0.4, -0.2) is 42.3 Å². The molecule has 0 aromatic heterocycles. The Morgan fingerprint density at radius 3 is 2.38 bits per heavy atom. The molecule has 0 spiro atoms. The van der Waals surface area contributed by atoms with E-state index >= 15 is 0 Å². The summed E-state index contributed by atoms with van der Waals surface area (Å²) < 4.78 is 6.54. The fourth-order valence-electron chi connectivity index (χ4n) is 2.44. The Bertz CT molecular complexity index is 496. The first kappa shape index (κ1) is 16.1. The van der Waals surface area contributed by atoms with E-state index in [1.807, 2.05) is 37.8 Å². The molecular formula is C16H23BrN2O2. The molecule has 0 saturated carbocycles. The Labute approximate surface area is 135 Å². The first-order valence-electron chi connectivity index (χ1n) is 7.26. The summed E-state index contributed by atoms with van der Waals surface area (Å²) in [5, 5.41) is 0. The molecule has 0 unspecified atom stereocenters. The van der Waals surface area contributed by atoms with Crippen LogP contribution >= 0.6 is 15.9 Å². The first-order chi connectivity index (χ1) is 9.76. The lowest BCUT2D eigenvalue weighted by molar-refractivity contribution is 0.0159. The van der Waals surface area contributed by atoms with Crippen LogP contribution in [0, 0.1) is 0 Å². The van der Waals surface area contributed by atoms with Crippen LogP contribution in [0.15, 0.2) is 28.7 Å². The number of hydrogen-bond donors (Lipinski definition) is 0. The van der Waals surface area contributed by atoms with Gasteiger partial charge in [0.1, 0.15) is 5.60 Å². The molecule has 1 heterocycles. The van der Waals surface area contributed by atoms with Crippen molar-refractivity contribution in [3.63, 3.8) is 0 Å². The lowest BCUT2D eigenvalue weighted by Crippen LogP contribution is -2.55. The van der Waals surface area contributed by atoms with Crippen molar-refractivity contribution in [2.75, 3.05) is 24.5 Å². The zero-order valence-electron chi connectivity index (χ0n) is 13.1. The summed E-state index contributed by atoms with van der Waals surface area (Å²) in [6.45, 7) is 10.1. The number of halogens is 1. The second kappa shape index (κ2) is 6.26. The number of hydrogen-bond acceptors (Lipinski definition) is 3. The molecule has 116 valence electrons. The van der Waals surface area contributed by atoms with Gasteiger partial charge in [0.05, 0.1) is 0 Å². The monoisotopic (exact) mass is 354 g/mol. The minimum Gasteiger partial charge on any atom is -0.444 e. The molecule has 0 N–H and O–H groups in total. The van der Waals surface area contributed by atoms with E-state index in [0.29, 0.717) is 6.54 Å². The van der Waals surface area contributed by atoms with Crippen molar-refractivity contribution in [1.29, 1.82) is 0 Å². The van der Waals surface area contributed by atoms with Crippen molar-refractivity contribution in [3.8, 4) is 0 Å². The highest BCUT2D eigenvalue weighted by Crippen LogP contribution is 2.22. The van der Waals surface area contributed by atoms with Crippen LogP contribution in [0.5, 0.6) is 0 Å². The average molecular weight is 355 g/mol. The van der Waals surface area contributed by atoms with Gasteiger partial charge in [-0.2, -0.15) is 0 Å². The van der Waals surface area contributed by atoms with Gasteiger partial charge in [-0.1, -0.05) is 15.9 Å². The van der Waals surface area contributed by atoms with Crippen molar-refractivity contribution >= 4 is 27.7 Å². The van der Waals surface area contributed by atoms with Crippen LogP contribution in [0.3, 0.4) is 0 Å². The van der Waals surface area contributed by atoms with E-state index in [9.17, 15) is 4.79 Å². The van der Waals surface area contributed by atoms with Crippen LogP contribution < -0.4 is 4.90 Å². The average Bonchev–Trinajstić information content (AvgIpc) is 2.37. The van der Waals surface area contributed by atoms with Gasteiger partial charge in [-0.25, -0.2) is 4.79 Å². The SMILES string of the molecule is C[C@@H]1CN(c2ccc(Br)cc2)CCN1C(=O)OC(C)(C)C. The minimum atomic E-state index is -0.445. The van der Waals surface area contributed by atoms with Crippen LogP contribution in [0.2, 0.25) is 0 Å². The molecular weight excluding hydrogens is 332 g/mol. The van der Waals surface area contributed by atoms with Gasteiger partial charge in [0, 0.05) is 35.8 Å². The number of carbonyl (C=O) groups is 1. The van der Waals surface area contributed by atoms with E-state index in [4.69, 9.17) is 4.74 Å². The molecule has 1 saturated heterocycles. The normalized spacial score (nSPS) is 19.6. The summed E-state index contributed by atoms with van der Waals surface area (Å²) in [6.07, 6.45) is -0.217. The fraction of sp³-hybridized carbons (Fsp3) is 0.562. The maximum atomic E-state index is 12.2. The topological polar surface area (TPSA) is 32.8 Å². The Morgan fingerprint density at radius 1 is 1.24 bits per heavy atom. The molecule has 0 radical (unpaired) electrons. The van der Waals surface area contributed by atoms with Crippen LogP contribution in [0.25, 0.3) is 0 Å². The second-order valence-electron chi connectivity index (χ2n) is 6.45. The van der Waals surface area contributed by atoms with Gasteiger partial charge in [-0.05, 0) is 52.0 Å². The Balaban J connectivity index is 1.99. The Morgan fingerprint density at radius 2 is 1.86 bits per heavy atom. The molecule has 0 aliphatic carbocycles. The summed E-state index contributed by atoms with van der Waals surface area (Å²) in [4.78, 5) is 16.3. The standard InChI is InChI=1S/C16H23BrN2O2/c1-12-11-18(14-7-5-13(17)6-8-14)9-10-19(12)15(20)21-16(2,3)4/h5-8,12H,9-11H2,1-4H3/t12-/m1/s1. The molecule has 1 aliphatic rings. The maximum Gasteiger partial charge on any atom is 0.410 e. The third kappa shape index (κ3) is 4.37. The highest BCUT2D eigenvalue weighted by Gasteiger charge is 2.30. The second-order valence-corrected chi connectivity index (χ2v) is 7.36. The van der Waals surface area contributed by atoms with Crippen molar-refractivity contribution in [2.45, 2.75) is 39.3 Å². The molecule has 1 aromatic rings. The summed E-state index contributed by atoms with van der Waals surface area (Å²) in [6, 6.07) is 8.41. The molecule has 1 aliphatic heterocycles. The van der Waals surface area contributed by atoms with Crippen LogP contribution in [0.4, 0.5) is 10.5 Å². The van der Waals surface area contributed by atoms with Crippen molar-refractivity contribution in [3.05, 3.63) is 28.7 Å². The zero-order valence-corrected chi connectivity index (χ0v) is 14.7. The molecule has 1 fully saturated rings. The molecule has 1 aromatic carbocycles. The van der Waals surface area contributed by atoms with E-state index in [-0.39, 0.29) is 12.1 Å². The predicted octanol–water partition coefficient (Wildman–Crippen LogP) is 3.89. The predicted molar refractivity (Wildman–Crippen MR) is 88.8 cm³/mol. The minimum absolute atomic E-state index is 0.136. The lowest BCUT2D eigenvalue weighted by Gasteiger charge is -2.41. The lowest BCUT2D eigenvalue weighted by atomic mass is 10.1. The smallest absolute Gasteiger partial charge is 0.410 e. The quantitative estimate of drug-likeness (QED) is 0.766. The summed E-state index contributed by atoms with van der Waals surface area (Å²) in [5.74, 6) is 0. The first-order valence-corrected chi connectivity index (χ1v) is 8.06. The summed E-state index contributed by atoms with van der Waals surface area (Å²) in [5.41, 5.74) is 0.744. The third-order valence-electron chi connectivity index (χ3n) is 3.45. The van der Waals surface area contributed by atoms with E-state index < -0.39 is 5.60 Å². The van der Waals surface area contributed by atoms with Gasteiger partial charge in [-0.15, -0.1) is 0 Å². The number of amides is 1. The molecule has 1 amide bonds. The van der Waals surface area contributed by atoms with Gasteiger partial charge in [0.25, 0.3) is 0 Å². The molecule has 21 heavy (non-hydrogen) atoms. The van der Waals surface area contributed by atoms with Gasteiger partial charge in [0.15, 0.2) is 0 Å². The Hall–Kier alpha value is -1.23. The molecule has 4 nitrogen and oxygen atoms in total. The third-order valence-corrected chi connectivity index (χ3v) is 3.98. The highest BCUT2D eigenvalue weighted by molar-refractivity contribution is 9.10. The van der Waals surface area contributed by atoms with Crippen molar-refractivity contribution in [2.24, 2.45) is 0 Å². The number of benzene rings is 1. The number of piperazine rings is 1. The van der Waals surface area contributed by atoms with Crippen LogP contribution in [-0.2, 0) is 4.74 Å². The van der Waals surface area contributed by atoms with E-state index in [0.717, 1.165) is 17.6 Å². The van der Waals surface area contributed by atoms with Gasteiger partial charge < -0.3 is 14.5 Å². The number of nitrogens with zero attached hydrogens (tertiary/aromatic N) is 2. The Kier molecular flexibility index (Phi) is 4.81. The molecule has 0 bridgehead atoms. The number of ether oxygens (including phenoxy) is 1. The molecule has 1 atom stereocenters. The van der Waals surface area contributed by atoms with Gasteiger partial charge in [-0.3, -0.25) is 0 Å². The van der Waals surface area contributed by atoms with Crippen LogP contribution in [0.1, 0.15) is 27.7 Å². The summed E-state index contributed by atoms with van der Waals surface area (Å²) >= 11 is 3.45. The number of carbonyl (C=O) groups excluding carboxylic acids is 1. The maximum absolute atomic E-state index is 12.2. The zero-order chi connectivity index (χ0) is 15.6. The number of rotatable bonds is 1. The molecule has 5 heteroatoms. The van der Waals surface area contributed by atoms with Gasteiger partial charge >= 0.3 is 6.09 Å². The van der Waals surface area contributed by atoms with Crippen molar-refractivity contribution < 1.29 is 9.53 Å². The highest BCUT2D eigenvalue weighted by atomic mass is 79.9. The van der Waals surface area contributed by atoms with Gasteiger partial charge in [0.2, 0.25) is 0 Å².